The highest BCUT2D eigenvalue weighted by molar-refractivity contribution is 5.23. The largest absolute Gasteiger partial charge is 0.491 e. The Kier molecular flexibility index (Phi) is 2.14. The molecule has 1 aromatic carbocycles. The summed E-state index contributed by atoms with van der Waals surface area (Å²) >= 11 is 0. The molecular weight excluding hydrogens is 178 g/mol. The Bertz CT molecular complexity index is 290. The van der Waals surface area contributed by atoms with Crippen molar-refractivity contribution < 1.29 is 18.3 Å². The average molecular weight is 186 g/mol. The normalized spacial score (nSPS) is 20.0. The number of benzene rings is 1. The van der Waals surface area contributed by atoms with Gasteiger partial charge in [-0.15, -0.1) is 0 Å². The number of hydrogen-bond acceptors (Lipinski definition) is 2. The first kappa shape index (κ1) is 8.44. The van der Waals surface area contributed by atoms with Crippen molar-refractivity contribution >= 4 is 0 Å². The van der Waals surface area contributed by atoms with E-state index < -0.39 is 11.6 Å². The lowest BCUT2D eigenvalue weighted by Gasteiger charge is -2.03. The van der Waals surface area contributed by atoms with Crippen LogP contribution in [0.15, 0.2) is 18.2 Å². The van der Waals surface area contributed by atoms with Crippen LogP contribution in [0.5, 0.6) is 5.75 Å². The molecule has 0 N–H and O–H groups in total. The minimum Gasteiger partial charge on any atom is -0.491 e. The fourth-order valence-corrected chi connectivity index (χ4v) is 0.965. The molecule has 13 heavy (non-hydrogen) atoms. The second kappa shape index (κ2) is 3.30. The van der Waals surface area contributed by atoms with Crippen LogP contribution in [0.3, 0.4) is 0 Å². The van der Waals surface area contributed by atoms with Crippen LogP contribution in [0.4, 0.5) is 8.78 Å². The predicted octanol–water partition coefficient (Wildman–Crippen LogP) is 1.74. The number of ether oxygens (including phenoxy) is 2. The Hall–Kier alpha value is -1.16. The summed E-state index contributed by atoms with van der Waals surface area (Å²) < 4.78 is 35.2. The van der Waals surface area contributed by atoms with Gasteiger partial charge >= 0.3 is 0 Å². The standard InChI is InChI=1S/C9H8F2O2/c10-6-1-7(11)3-8(2-6)12-4-9-5-13-9/h1-3,9H,4-5H2. The van der Waals surface area contributed by atoms with Gasteiger partial charge in [0.1, 0.15) is 30.1 Å². The Morgan fingerprint density at radius 1 is 1.31 bits per heavy atom. The molecule has 1 atom stereocenters. The van der Waals surface area contributed by atoms with Crippen LogP contribution in [-0.2, 0) is 4.74 Å². The maximum Gasteiger partial charge on any atom is 0.129 e. The third-order valence-corrected chi connectivity index (χ3v) is 1.67. The minimum absolute atomic E-state index is 0.0892. The number of hydrogen-bond donors (Lipinski definition) is 0. The maximum absolute atomic E-state index is 12.6. The van der Waals surface area contributed by atoms with Gasteiger partial charge in [0.25, 0.3) is 0 Å². The van der Waals surface area contributed by atoms with Crippen molar-refractivity contribution in [3.63, 3.8) is 0 Å². The predicted molar refractivity (Wildman–Crippen MR) is 41.6 cm³/mol. The molecule has 1 unspecified atom stereocenters. The molecule has 0 saturated carbocycles. The van der Waals surface area contributed by atoms with E-state index in [4.69, 9.17) is 9.47 Å². The van der Waals surface area contributed by atoms with E-state index in [1.807, 2.05) is 0 Å². The highest BCUT2D eigenvalue weighted by atomic mass is 19.1. The van der Waals surface area contributed by atoms with Crippen molar-refractivity contribution in [1.29, 1.82) is 0 Å². The van der Waals surface area contributed by atoms with Gasteiger partial charge in [-0.05, 0) is 0 Å². The first-order valence-corrected chi connectivity index (χ1v) is 3.94. The van der Waals surface area contributed by atoms with Crippen molar-refractivity contribution in [2.75, 3.05) is 13.2 Å². The molecule has 1 aliphatic heterocycles. The van der Waals surface area contributed by atoms with E-state index in [9.17, 15) is 8.78 Å². The van der Waals surface area contributed by atoms with Crippen LogP contribution >= 0.6 is 0 Å². The molecule has 1 saturated heterocycles. The molecule has 1 heterocycles. The van der Waals surface area contributed by atoms with E-state index in [0.717, 1.165) is 18.2 Å². The monoisotopic (exact) mass is 186 g/mol. The maximum atomic E-state index is 12.6. The summed E-state index contributed by atoms with van der Waals surface area (Å²) in [5.74, 6) is -1.06. The number of rotatable bonds is 3. The first-order chi connectivity index (χ1) is 6.24. The zero-order valence-electron chi connectivity index (χ0n) is 6.80. The Balaban J connectivity index is 2.01. The Morgan fingerprint density at radius 3 is 2.46 bits per heavy atom. The highest BCUT2D eigenvalue weighted by Gasteiger charge is 2.23. The van der Waals surface area contributed by atoms with Gasteiger partial charge in [-0.25, -0.2) is 8.78 Å². The van der Waals surface area contributed by atoms with Crippen molar-refractivity contribution in [1.82, 2.24) is 0 Å². The van der Waals surface area contributed by atoms with Gasteiger partial charge in [-0.1, -0.05) is 0 Å². The summed E-state index contributed by atoms with van der Waals surface area (Å²) in [6, 6.07) is 3.09. The highest BCUT2D eigenvalue weighted by Crippen LogP contribution is 2.17. The zero-order chi connectivity index (χ0) is 9.26. The van der Waals surface area contributed by atoms with Crippen LogP contribution in [0.25, 0.3) is 0 Å². The van der Waals surface area contributed by atoms with Crippen molar-refractivity contribution in [2.24, 2.45) is 0 Å². The van der Waals surface area contributed by atoms with Gasteiger partial charge < -0.3 is 9.47 Å². The van der Waals surface area contributed by atoms with Crippen LogP contribution in [-0.4, -0.2) is 19.3 Å². The third-order valence-electron chi connectivity index (χ3n) is 1.67. The van der Waals surface area contributed by atoms with Gasteiger partial charge in [0.15, 0.2) is 0 Å². The summed E-state index contributed by atoms with van der Waals surface area (Å²) in [5, 5.41) is 0. The van der Waals surface area contributed by atoms with Crippen LogP contribution in [0, 0.1) is 11.6 Å². The fourth-order valence-electron chi connectivity index (χ4n) is 0.965. The van der Waals surface area contributed by atoms with E-state index in [2.05, 4.69) is 0 Å². The molecule has 0 aromatic heterocycles. The summed E-state index contributed by atoms with van der Waals surface area (Å²) in [5.41, 5.74) is 0. The Labute approximate surface area is 74.1 Å². The molecule has 2 rings (SSSR count). The van der Waals surface area contributed by atoms with Gasteiger partial charge in [0, 0.05) is 18.2 Å². The minimum atomic E-state index is -0.633. The first-order valence-electron chi connectivity index (χ1n) is 3.94. The van der Waals surface area contributed by atoms with Gasteiger partial charge in [-0.2, -0.15) is 0 Å². The second-order valence-electron chi connectivity index (χ2n) is 2.87. The van der Waals surface area contributed by atoms with E-state index >= 15 is 0 Å². The number of halogens is 2. The lowest BCUT2D eigenvalue weighted by molar-refractivity contribution is 0.261. The molecule has 1 fully saturated rings. The molecule has 0 bridgehead atoms. The third kappa shape index (κ3) is 2.39. The SMILES string of the molecule is Fc1cc(F)cc(OCC2CO2)c1. The average Bonchev–Trinajstić information content (AvgIpc) is 2.81. The lowest BCUT2D eigenvalue weighted by atomic mass is 10.3. The van der Waals surface area contributed by atoms with Crippen LogP contribution in [0.2, 0.25) is 0 Å². The summed E-state index contributed by atoms with van der Waals surface area (Å²) in [4.78, 5) is 0. The van der Waals surface area contributed by atoms with E-state index in [-0.39, 0.29) is 11.9 Å². The molecular formula is C9H8F2O2. The molecule has 0 aliphatic carbocycles. The van der Waals surface area contributed by atoms with Crippen LogP contribution < -0.4 is 4.74 Å². The van der Waals surface area contributed by atoms with Gasteiger partial charge in [-0.3, -0.25) is 0 Å². The lowest BCUT2D eigenvalue weighted by Crippen LogP contribution is -2.04. The van der Waals surface area contributed by atoms with Gasteiger partial charge in [0.2, 0.25) is 0 Å². The van der Waals surface area contributed by atoms with Crippen molar-refractivity contribution in [3.8, 4) is 5.75 Å². The van der Waals surface area contributed by atoms with E-state index in [1.54, 1.807) is 0 Å². The van der Waals surface area contributed by atoms with E-state index in [1.165, 1.54) is 0 Å². The van der Waals surface area contributed by atoms with Crippen molar-refractivity contribution in [2.45, 2.75) is 6.10 Å². The molecule has 0 amide bonds. The van der Waals surface area contributed by atoms with E-state index in [0.29, 0.717) is 13.2 Å². The molecule has 70 valence electrons. The quantitative estimate of drug-likeness (QED) is 0.670. The van der Waals surface area contributed by atoms with Crippen molar-refractivity contribution in [3.05, 3.63) is 29.8 Å². The molecule has 1 aromatic rings. The second-order valence-corrected chi connectivity index (χ2v) is 2.87. The molecule has 0 radical (unpaired) electrons. The number of epoxide rings is 1. The summed E-state index contributed by atoms with van der Waals surface area (Å²) in [6.07, 6.45) is 0.0892. The molecule has 1 aliphatic rings. The summed E-state index contributed by atoms with van der Waals surface area (Å²) in [7, 11) is 0. The molecule has 0 spiro atoms. The Morgan fingerprint density at radius 2 is 1.92 bits per heavy atom. The zero-order valence-corrected chi connectivity index (χ0v) is 6.80. The van der Waals surface area contributed by atoms with Gasteiger partial charge in [0.05, 0.1) is 6.61 Å². The van der Waals surface area contributed by atoms with Crippen LogP contribution in [0.1, 0.15) is 0 Å². The summed E-state index contributed by atoms with van der Waals surface area (Å²) in [6.45, 7) is 1.01. The molecule has 2 nitrogen and oxygen atoms in total. The fraction of sp³-hybridized carbons (Fsp3) is 0.333. The topological polar surface area (TPSA) is 21.8 Å². The molecule has 4 heteroatoms. The smallest absolute Gasteiger partial charge is 0.129 e.